The van der Waals surface area contributed by atoms with Gasteiger partial charge < -0.3 is 14.9 Å². The summed E-state index contributed by atoms with van der Waals surface area (Å²) in [7, 11) is 0. The number of carboxylic acid groups (broad SMARTS) is 1. The number of halogens is 3. The number of carbonyl (C=O) groups is 3. The maximum absolute atomic E-state index is 13.3. The van der Waals surface area contributed by atoms with Crippen molar-refractivity contribution in [1.82, 2.24) is 4.90 Å². The second-order valence-corrected chi connectivity index (χ2v) is 7.28. The van der Waals surface area contributed by atoms with E-state index in [1.165, 1.54) is 4.90 Å². The summed E-state index contributed by atoms with van der Waals surface area (Å²) in [6.45, 7) is 0.813. The number of aryl methyl sites for hydroxylation is 1. The molecule has 0 saturated carbocycles. The quantitative estimate of drug-likeness (QED) is 0.845. The van der Waals surface area contributed by atoms with Crippen LogP contribution in [0.25, 0.3) is 0 Å². The molecule has 2 heterocycles. The molecule has 0 aliphatic carbocycles. The van der Waals surface area contributed by atoms with Gasteiger partial charge in [0.15, 0.2) is 5.41 Å². The Morgan fingerprint density at radius 2 is 1.96 bits per heavy atom. The molecule has 2 aliphatic heterocycles. The van der Waals surface area contributed by atoms with Gasteiger partial charge >= 0.3 is 12.1 Å². The van der Waals surface area contributed by atoms with Crippen molar-refractivity contribution >= 4 is 23.5 Å². The fourth-order valence-electron chi connectivity index (χ4n) is 3.96. The second kappa shape index (κ2) is 7.10. The van der Waals surface area contributed by atoms with Crippen molar-refractivity contribution in [2.24, 2.45) is 11.3 Å². The first-order valence-electron chi connectivity index (χ1n) is 9.08. The van der Waals surface area contributed by atoms with Gasteiger partial charge in [-0.25, -0.2) is 0 Å². The number of hydrogen-bond donors (Lipinski definition) is 1. The van der Waals surface area contributed by atoms with E-state index in [-0.39, 0.29) is 25.4 Å². The molecule has 6 nitrogen and oxygen atoms in total. The van der Waals surface area contributed by atoms with Crippen LogP contribution in [0.1, 0.15) is 25.3 Å². The number of carboxylic acids is 1. The van der Waals surface area contributed by atoms with Crippen LogP contribution in [0.15, 0.2) is 24.3 Å². The Morgan fingerprint density at radius 3 is 2.54 bits per heavy atom. The molecule has 9 heteroatoms. The number of carbonyl (C=O) groups excluding carboxylic acids is 2. The van der Waals surface area contributed by atoms with Crippen LogP contribution in [0.3, 0.4) is 0 Å². The summed E-state index contributed by atoms with van der Waals surface area (Å²) < 4.78 is 40.0. The van der Waals surface area contributed by atoms with Crippen molar-refractivity contribution in [3.63, 3.8) is 0 Å². The van der Waals surface area contributed by atoms with Gasteiger partial charge in [-0.2, -0.15) is 13.2 Å². The molecule has 0 aromatic heterocycles. The van der Waals surface area contributed by atoms with Gasteiger partial charge in [-0.1, -0.05) is 25.1 Å². The zero-order chi connectivity index (χ0) is 20.7. The summed E-state index contributed by atoms with van der Waals surface area (Å²) in [5, 5.41) is 9.13. The monoisotopic (exact) mass is 398 g/mol. The van der Waals surface area contributed by atoms with Crippen molar-refractivity contribution in [1.29, 1.82) is 0 Å². The average Bonchev–Trinajstić information content (AvgIpc) is 3.25. The molecule has 1 N–H and O–H groups in total. The van der Waals surface area contributed by atoms with E-state index in [4.69, 9.17) is 5.11 Å². The number of benzene rings is 1. The molecule has 0 spiro atoms. The predicted molar refractivity (Wildman–Crippen MR) is 93.6 cm³/mol. The van der Waals surface area contributed by atoms with Crippen molar-refractivity contribution in [2.45, 2.75) is 32.4 Å². The molecule has 2 fully saturated rings. The lowest BCUT2D eigenvalue weighted by Crippen LogP contribution is -2.48. The lowest BCUT2D eigenvalue weighted by atomic mass is 9.86. The molecule has 2 saturated heterocycles. The van der Waals surface area contributed by atoms with Crippen LogP contribution in [0, 0.1) is 11.3 Å². The van der Waals surface area contributed by atoms with Crippen LogP contribution in [-0.2, 0) is 20.8 Å². The molecule has 28 heavy (non-hydrogen) atoms. The van der Waals surface area contributed by atoms with E-state index in [0.29, 0.717) is 12.1 Å². The number of anilines is 1. The minimum atomic E-state index is -4.95. The zero-order valence-electron chi connectivity index (χ0n) is 15.3. The number of rotatable bonds is 4. The minimum absolute atomic E-state index is 0.0806. The number of likely N-dealkylation sites (tertiary alicyclic amines) is 1. The van der Waals surface area contributed by atoms with E-state index in [2.05, 4.69) is 0 Å². The highest BCUT2D eigenvalue weighted by molar-refractivity contribution is 6.01. The molecule has 0 radical (unpaired) electrons. The molecular weight excluding hydrogens is 377 g/mol. The molecule has 1 aromatic carbocycles. The first-order valence-corrected chi connectivity index (χ1v) is 9.08. The van der Waals surface area contributed by atoms with Gasteiger partial charge in [0.05, 0.1) is 5.92 Å². The van der Waals surface area contributed by atoms with Crippen molar-refractivity contribution < 1.29 is 32.7 Å². The summed E-state index contributed by atoms with van der Waals surface area (Å²) in [6.07, 6.45) is -5.04. The topological polar surface area (TPSA) is 77.9 Å². The number of nitrogens with zero attached hydrogens (tertiary/aromatic N) is 2. The Balaban J connectivity index is 1.76. The van der Waals surface area contributed by atoms with E-state index < -0.39 is 42.4 Å². The Labute approximate surface area is 159 Å². The van der Waals surface area contributed by atoms with E-state index in [9.17, 15) is 27.6 Å². The van der Waals surface area contributed by atoms with Crippen LogP contribution in [0.5, 0.6) is 0 Å². The number of aliphatic carboxylic acids is 1. The van der Waals surface area contributed by atoms with Crippen LogP contribution in [0.4, 0.5) is 18.9 Å². The van der Waals surface area contributed by atoms with Crippen LogP contribution in [-0.4, -0.2) is 53.6 Å². The molecule has 2 amide bonds. The molecule has 0 bridgehead atoms. The molecule has 2 aliphatic rings. The van der Waals surface area contributed by atoms with Crippen molar-refractivity contribution in [3.05, 3.63) is 29.8 Å². The van der Waals surface area contributed by atoms with E-state index in [0.717, 1.165) is 10.5 Å². The smallest absolute Gasteiger partial charge is 0.406 e. The molecule has 152 valence electrons. The highest BCUT2D eigenvalue weighted by atomic mass is 19.4. The number of hydrogen-bond acceptors (Lipinski definition) is 3. The van der Waals surface area contributed by atoms with E-state index in [1.54, 1.807) is 12.1 Å². The summed E-state index contributed by atoms with van der Waals surface area (Å²) in [5.74, 6) is -3.62. The third kappa shape index (κ3) is 3.22. The van der Waals surface area contributed by atoms with Gasteiger partial charge in [0.25, 0.3) is 0 Å². The highest BCUT2D eigenvalue weighted by Gasteiger charge is 2.64. The van der Waals surface area contributed by atoms with Crippen LogP contribution >= 0.6 is 0 Å². The van der Waals surface area contributed by atoms with Crippen molar-refractivity contribution in [3.8, 4) is 0 Å². The standard InChI is InChI=1S/C19H21F3N2O4/c1-2-12-5-3-4-6-14(12)24-10-13(9-15(24)25)16(26)23-8-7-18(11-23,17(27)28)19(20,21)22/h3-6,13H,2,7-11H2,1H3,(H,27,28). The van der Waals surface area contributed by atoms with Gasteiger partial charge in [0.1, 0.15) is 0 Å². The first kappa shape index (κ1) is 20.2. The van der Waals surface area contributed by atoms with E-state index >= 15 is 0 Å². The van der Waals surface area contributed by atoms with E-state index in [1.807, 2.05) is 19.1 Å². The number of para-hydroxylation sites is 1. The molecule has 2 atom stereocenters. The largest absolute Gasteiger partial charge is 0.481 e. The third-order valence-electron chi connectivity index (χ3n) is 5.67. The maximum atomic E-state index is 13.3. The summed E-state index contributed by atoms with van der Waals surface area (Å²) >= 11 is 0. The number of amides is 2. The van der Waals surface area contributed by atoms with Crippen molar-refractivity contribution in [2.75, 3.05) is 24.5 Å². The molecule has 1 aromatic rings. The van der Waals surface area contributed by atoms with Crippen LogP contribution in [0.2, 0.25) is 0 Å². The molecular formula is C19H21F3N2O4. The maximum Gasteiger partial charge on any atom is 0.406 e. The van der Waals surface area contributed by atoms with Gasteiger partial charge in [-0.3, -0.25) is 14.4 Å². The van der Waals surface area contributed by atoms with Gasteiger partial charge in [-0.05, 0) is 24.5 Å². The summed E-state index contributed by atoms with van der Waals surface area (Å²) in [4.78, 5) is 38.9. The fourth-order valence-corrected chi connectivity index (χ4v) is 3.96. The molecule has 3 rings (SSSR count). The molecule has 2 unspecified atom stereocenters. The Kier molecular flexibility index (Phi) is 5.12. The minimum Gasteiger partial charge on any atom is -0.481 e. The number of alkyl halides is 3. The first-order chi connectivity index (χ1) is 13.1. The lowest BCUT2D eigenvalue weighted by Gasteiger charge is -2.28. The fraction of sp³-hybridized carbons (Fsp3) is 0.526. The lowest BCUT2D eigenvalue weighted by molar-refractivity contribution is -0.227. The van der Waals surface area contributed by atoms with Crippen LogP contribution < -0.4 is 4.90 Å². The van der Waals surface area contributed by atoms with Gasteiger partial charge in [-0.15, -0.1) is 0 Å². The average molecular weight is 398 g/mol. The Hall–Kier alpha value is -2.58. The summed E-state index contributed by atoms with van der Waals surface area (Å²) in [5.41, 5.74) is -1.31. The summed E-state index contributed by atoms with van der Waals surface area (Å²) in [6, 6.07) is 7.28. The predicted octanol–water partition coefficient (Wildman–Crippen LogP) is 2.47. The third-order valence-corrected chi connectivity index (χ3v) is 5.67. The SMILES string of the molecule is CCc1ccccc1N1CC(C(=O)N2CCC(C(=O)O)(C(F)(F)F)C2)CC1=O. The zero-order valence-corrected chi connectivity index (χ0v) is 15.3. The van der Waals surface area contributed by atoms with Gasteiger partial charge in [0, 0.05) is 31.7 Å². The van der Waals surface area contributed by atoms with Gasteiger partial charge in [0.2, 0.25) is 11.8 Å². The highest BCUT2D eigenvalue weighted by Crippen LogP contribution is 2.46. The second-order valence-electron chi connectivity index (χ2n) is 7.28. The normalized spacial score (nSPS) is 25.4. The Bertz CT molecular complexity index is 811. The Morgan fingerprint density at radius 1 is 1.29 bits per heavy atom.